The SMILES string of the molecule is Cl.NCC1OCCc2c(-c3ccccc3)csc21. The number of hydrogen-bond acceptors (Lipinski definition) is 3. The van der Waals surface area contributed by atoms with Gasteiger partial charge in [0.2, 0.25) is 0 Å². The van der Waals surface area contributed by atoms with Crippen LogP contribution in [0, 0.1) is 0 Å². The lowest BCUT2D eigenvalue weighted by Gasteiger charge is -2.22. The van der Waals surface area contributed by atoms with Gasteiger partial charge in [0, 0.05) is 11.4 Å². The van der Waals surface area contributed by atoms with E-state index in [9.17, 15) is 0 Å². The van der Waals surface area contributed by atoms with Crippen molar-refractivity contribution < 1.29 is 4.74 Å². The Hall–Kier alpha value is -0.870. The van der Waals surface area contributed by atoms with Gasteiger partial charge in [-0.1, -0.05) is 30.3 Å². The topological polar surface area (TPSA) is 35.2 Å². The summed E-state index contributed by atoms with van der Waals surface area (Å²) in [5.41, 5.74) is 9.83. The van der Waals surface area contributed by atoms with Crippen LogP contribution in [0.1, 0.15) is 16.5 Å². The molecule has 1 aromatic carbocycles. The van der Waals surface area contributed by atoms with Crippen molar-refractivity contribution in [2.75, 3.05) is 13.2 Å². The van der Waals surface area contributed by atoms with E-state index in [1.165, 1.54) is 21.6 Å². The summed E-state index contributed by atoms with van der Waals surface area (Å²) in [6, 6.07) is 10.5. The second-order valence-electron chi connectivity index (χ2n) is 4.20. The fourth-order valence-corrected chi connectivity index (χ4v) is 3.53. The first-order valence-electron chi connectivity index (χ1n) is 5.87. The van der Waals surface area contributed by atoms with Crippen LogP contribution in [0.4, 0.5) is 0 Å². The summed E-state index contributed by atoms with van der Waals surface area (Å²) in [7, 11) is 0. The average Bonchev–Trinajstić information content (AvgIpc) is 2.83. The lowest BCUT2D eigenvalue weighted by Crippen LogP contribution is -2.21. The maximum absolute atomic E-state index is 5.75. The monoisotopic (exact) mass is 281 g/mol. The summed E-state index contributed by atoms with van der Waals surface area (Å²) in [5, 5.41) is 2.23. The van der Waals surface area contributed by atoms with Crippen LogP contribution in [0.2, 0.25) is 0 Å². The minimum Gasteiger partial charge on any atom is -0.371 e. The third-order valence-electron chi connectivity index (χ3n) is 3.19. The van der Waals surface area contributed by atoms with Crippen molar-refractivity contribution in [2.24, 2.45) is 5.73 Å². The molecule has 0 spiro atoms. The van der Waals surface area contributed by atoms with Gasteiger partial charge in [-0.3, -0.25) is 0 Å². The molecule has 1 aliphatic heterocycles. The zero-order valence-corrected chi connectivity index (χ0v) is 11.6. The highest BCUT2D eigenvalue weighted by Gasteiger charge is 2.24. The fourth-order valence-electron chi connectivity index (χ4n) is 2.34. The van der Waals surface area contributed by atoms with Gasteiger partial charge in [-0.2, -0.15) is 0 Å². The van der Waals surface area contributed by atoms with Crippen LogP contribution in [-0.4, -0.2) is 13.2 Å². The minimum atomic E-state index is 0. The van der Waals surface area contributed by atoms with Gasteiger partial charge >= 0.3 is 0 Å². The zero-order valence-electron chi connectivity index (χ0n) is 9.96. The number of ether oxygens (including phenoxy) is 1. The molecule has 0 radical (unpaired) electrons. The highest BCUT2D eigenvalue weighted by atomic mass is 35.5. The van der Waals surface area contributed by atoms with Gasteiger partial charge in [-0.15, -0.1) is 23.7 Å². The second-order valence-corrected chi connectivity index (χ2v) is 5.11. The van der Waals surface area contributed by atoms with E-state index in [0.717, 1.165) is 13.0 Å². The van der Waals surface area contributed by atoms with Crippen molar-refractivity contribution in [1.29, 1.82) is 0 Å². The van der Waals surface area contributed by atoms with Crippen molar-refractivity contribution in [3.05, 3.63) is 46.2 Å². The molecule has 1 aromatic heterocycles. The Labute approximate surface area is 117 Å². The van der Waals surface area contributed by atoms with Crippen molar-refractivity contribution in [2.45, 2.75) is 12.5 Å². The molecule has 1 atom stereocenters. The lowest BCUT2D eigenvalue weighted by molar-refractivity contribution is 0.0517. The van der Waals surface area contributed by atoms with Crippen LogP contribution in [0.3, 0.4) is 0 Å². The second kappa shape index (κ2) is 5.85. The van der Waals surface area contributed by atoms with Gasteiger partial charge in [0.15, 0.2) is 0 Å². The molecule has 0 bridgehead atoms. The molecule has 0 amide bonds. The van der Waals surface area contributed by atoms with Crippen LogP contribution in [0.5, 0.6) is 0 Å². The van der Waals surface area contributed by atoms with Gasteiger partial charge in [-0.25, -0.2) is 0 Å². The maximum atomic E-state index is 5.75. The molecular weight excluding hydrogens is 266 g/mol. The molecule has 4 heteroatoms. The summed E-state index contributed by atoms with van der Waals surface area (Å²) in [4.78, 5) is 1.32. The summed E-state index contributed by atoms with van der Waals surface area (Å²) in [6.45, 7) is 1.35. The molecule has 2 heterocycles. The van der Waals surface area contributed by atoms with Crippen LogP contribution in [-0.2, 0) is 11.2 Å². The predicted octanol–water partition coefficient (Wildman–Crippen LogP) is 3.41. The molecule has 0 saturated heterocycles. The minimum absolute atomic E-state index is 0. The number of thiophene rings is 1. The van der Waals surface area contributed by atoms with Crippen molar-refractivity contribution in [3.8, 4) is 11.1 Å². The normalized spacial score (nSPS) is 17.9. The van der Waals surface area contributed by atoms with Crippen LogP contribution in [0.25, 0.3) is 11.1 Å². The number of fused-ring (bicyclic) bond motifs is 1. The molecule has 96 valence electrons. The molecule has 3 rings (SSSR count). The standard InChI is InChI=1S/C14H15NOS.ClH/c15-8-13-14-11(6-7-16-13)12(9-17-14)10-4-2-1-3-5-10;/h1-5,9,13H,6-8,15H2;1H. The molecule has 2 N–H and O–H groups in total. The number of hydrogen-bond donors (Lipinski definition) is 1. The van der Waals surface area contributed by atoms with E-state index in [1.54, 1.807) is 11.3 Å². The Morgan fingerprint density at radius 3 is 2.78 bits per heavy atom. The Morgan fingerprint density at radius 2 is 2.06 bits per heavy atom. The predicted molar refractivity (Wildman–Crippen MR) is 78.5 cm³/mol. The highest BCUT2D eigenvalue weighted by molar-refractivity contribution is 7.10. The summed E-state index contributed by atoms with van der Waals surface area (Å²) in [5.74, 6) is 0. The lowest BCUT2D eigenvalue weighted by atomic mass is 9.98. The van der Waals surface area contributed by atoms with E-state index in [1.807, 2.05) is 6.07 Å². The molecule has 2 nitrogen and oxygen atoms in total. The van der Waals surface area contributed by atoms with Gasteiger partial charge < -0.3 is 10.5 Å². The molecule has 1 aliphatic rings. The quantitative estimate of drug-likeness (QED) is 0.916. The Morgan fingerprint density at radius 1 is 1.28 bits per heavy atom. The van der Waals surface area contributed by atoms with E-state index in [2.05, 4.69) is 29.6 Å². The first kappa shape index (κ1) is 13.6. The van der Waals surface area contributed by atoms with Crippen LogP contribution >= 0.6 is 23.7 Å². The third-order valence-corrected chi connectivity index (χ3v) is 4.31. The fraction of sp³-hybridized carbons (Fsp3) is 0.286. The molecule has 0 fully saturated rings. The summed E-state index contributed by atoms with van der Waals surface area (Å²) in [6.07, 6.45) is 1.10. The molecule has 0 saturated carbocycles. The first-order chi connectivity index (χ1) is 8.40. The van der Waals surface area contributed by atoms with E-state index in [0.29, 0.717) is 6.54 Å². The highest BCUT2D eigenvalue weighted by Crippen LogP contribution is 2.38. The largest absolute Gasteiger partial charge is 0.371 e. The van der Waals surface area contributed by atoms with E-state index in [-0.39, 0.29) is 18.5 Å². The Kier molecular flexibility index (Phi) is 4.40. The van der Waals surface area contributed by atoms with Gasteiger partial charge in [-0.05, 0) is 28.5 Å². The van der Waals surface area contributed by atoms with E-state index < -0.39 is 0 Å². The van der Waals surface area contributed by atoms with Crippen molar-refractivity contribution in [3.63, 3.8) is 0 Å². The number of halogens is 1. The Balaban J connectivity index is 0.00000120. The molecule has 2 aromatic rings. The smallest absolute Gasteiger partial charge is 0.104 e. The average molecular weight is 282 g/mol. The number of benzene rings is 1. The van der Waals surface area contributed by atoms with Gasteiger partial charge in [0.05, 0.1) is 6.61 Å². The van der Waals surface area contributed by atoms with Gasteiger partial charge in [0.25, 0.3) is 0 Å². The zero-order chi connectivity index (χ0) is 11.7. The number of rotatable bonds is 2. The Bertz CT molecular complexity index is 512. The summed E-state index contributed by atoms with van der Waals surface area (Å²) < 4.78 is 5.69. The van der Waals surface area contributed by atoms with E-state index in [4.69, 9.17) is 10.5 Å². The van der Waals surface area contributed by atoms with E-state index >= 15 is 0 Å². The van der Waals surface area contributed by atoms with Crippen molar-refractivity contribution >= 4 is 23.7 Å². The summed E-state index contributed by atoms with van der Waals surface area (Å²) >= 11 is 1.77. The molecular formula is C14H16ClNOS. The van der Waals surface area contributed by atoms with Gasteiger partial charge in [0.1, 0.15) is 6.10 Å². The first-order valence-corrected chi connectivity index (χ1v) is 6.75. The molecule has 0 aliphatic carbocycles. The van der Waals surface area contributed by atoms with Crippen molar-refractivity contribution in [1.82, 2.24) is 0 Å². The molecule has 18 heavy (non-hydrogen) atoms. The number of nitrogens with two attached hydrogens (primary N) is 1. The molecule has 1 unspecified atom stereocenters. The third kappa shape index (κ3) is 2.31. The van der Waals surface area contributed by atoms with Crippen LogP contribution < -0.4 is 5.73 Å². The van der Waals surface area contributed by atoms with Crippen LogP contribution in [0.15, 0.2) is 35.7 Å². The maximum Gasteiger partial charge on any atom is 0.104 e.